The molecule has 0 saturated heterocycles. The lowest BCUT2D eigenvalue weighted by molar-refractivity contribution is 0.317. The van der Waals surface area contributed by atoms with E-state index in [1.807, 2.05) is 12.3 Å². The molecule has 1 rings (SSSR count). The van der Waals surface area contributed by atoms with E-state index in [1.54, 1.807) is 6.26 Å². The number of furan rings is 1. The number of unbranched alkanes of at least 4 members (excludes halogenated alkanes) is 2. The third-order valence-corrected chi connectivity index (χ3v) is 2.55. The van der Waals surface area contributed by atoms with Crippen molar-refractivity contribution in [3.8, 4) is 0 Å². The van der Waals surface area contributed by atoms with Crippen LogP contribution in [0.25, 0.3) is 0 Å². The van der Waals surface area contributed by atoms with Crippen LogP contribution in [0, 0.1) is 0 Å². The molecule has 0 aliphatic heterocycles. The third-order valence-electron chi connectivity index (χ3n) is 2.23. The van der Waals surface area contributed by atoms with Crippen molar-refractivity contribution in [2.45, 2.75) is 25.8 Å². The van der Waals surface area contributed by atoms with Gasteiger partial charge in [0.15, 0.2) is 0 Å². The average molecular weight is 213 g/mol. The summed E-state index contributed by atoms with van der Waals surface area (Å²) < 4.78 is 5.02. The molecular weight excluding hydrogens is 194 g/mol. The highest BCUT2D eigenvalue weighted by Gasteiger charge is 2.00. The smallest absolute Gasteiger partial charge is 0.0947 e. The van der Waals surface area contributed by atoms with Crippen LogP contribution in [0.15, 0.2) is 23.0 Å². The van der Waals surface area contributed by atoms with Crippen molar-refractivity contribution in [3.05, 3.63) is 24.2 Å². The number of nitrogens with zero attached hydrogens (tertiary/aromatic N) is 1. The second kappa shape index (κ2) is 6.96. The summed E-state index contributed by atoms with van der Waals surface area (Å²) in [4.78, 5) is 2.32. The van der Waals surface area contributed by atoms with Crippen molar-refractivity contribution in [1.82, 2.24) is 4.90 Å². The Morgan fingerprint density at radius 2 is 2.21 bits per heavy atom. The highest BCUT2D eigenvalue weighted by Crippen LogP contribution is 2.05. The molecule has 0 aromatic carbocycles. The summed E-state index contributed by atoms with van der Waals surface area (Å²) in [6.07, 6.45) is 7.30. The minimum absolute atomic E-state index is 0.984. The molecule has 3 heteroatoms. The van der Waals surface area contributed by atoms with Crippen LogP contribution in [-0.2, 0) is 6.54 Å². The van der Waals surface area contributed by atoms with E-state index in [9.17, 15) is 0 Å². The van der Waals surface area contributed by atoms with Gasteiger partial charge in [-0.1, -0.05) is 6.42 Å². The zero-order valence-corrected chi connectivity index (χ0v) is 9.67. The van der Waals surface area contributed by atoms with E-state index in [4.69, 9.17) is 4.42 Å². The van der Waals surface area contributed by atoms with Crippen LogP contribution in [0.2, 0.25) is 0 Å². The predicted octanol–water partition coefficient (Wildman–Crippen LogP) is 2.81. The maximum absolute atomic E-state index is 5.02. The van der Waals surface area contributed by atoms with Gasteiger partial charge in [0.25, 0.3) is 0 Å². The minimum Gasteiger partial charge on any atom is -0.472 e. The van der Waals surface area contributed by atoms with Crippen molar-refractivity contribution in [2.24, 2.45) is 0 Å². The molecule has 0 amide bonds. The van der Waals surface area contributed by atoms with E-state index in [0.717, 1.165) is 18.8 Å². The molecule has 0 atom stereocenters. The standard InChI is InChI=1S/C11H19NOS/c1-12(6-3-2-4-8-14)9-11-5-7-13-10-11/h5,7,10,14H,2-4,6,8-9H2,1H3. The second-order valence-electron chi connectivity index (χ2n) is 3.65. The summed E-state index contributed by atoms with van der Waals surface area (Å²) in [5, 5.41) is 0. The summed E-state index contributed by atoms with van der Waals surface area (Å²) in [5.41, 5.74) is 1.25. The molecule has 2 nitrogen and oxygen atoms in total. The van der Waals surface area contributed by atoms with Crippen LogP contribution in [-0.4, -0.2) is 24.2 Å². The van der Waals surface area contributed by atoms with Gasteiger partial charge in [-0.05, 0) is 38.3 Å². The molecule has 0 aliphatic carbocycles. The lowest BCUT2D eigenvalue weighted by atomic mass is 10.2. The molecule has 0 bridgehead atoms. The maximum Gasteiger partial charge on any atom is 0.0947 e. The normalized spacial score (nSPS) is 11.1. The summed E-state index contributed by atoms with van der Waals surface area (Å²) in [5.74, 6) is 1.01. The topological polar surface area (TPSA) is 16.4 Å². The Balaban J connectivity index is 2.07. The molecule has 0 N–H and O–H groups in total. The van der Waals surface area contributed by atoms with E-state index < -0.39 is 0 Å². The quantitative estimate of drug-likeness (QED) is 0.554. The Hall–Kier alpha value is -0.410. The molecule has 1 heterocycles. The monoisotopic (exact) mass is 213 g/mol. The van der Waals surface area contributed by atoms with Crippen molar-refractivity contribution >= 4 is 12.6 Å². The summed E-state index contributed by atoms with van der Waals surface area (Å²) in [7, 11) is 2.15. The molecule has 14 heavy (non-hydrogen) atoms. The Morgan fingerprint density at radius 1 is 1.36 bits per heavy atom. The fourth-order valence-electron chi connectivity index (χ4n) is 1.44. The van der Waals surface area contributed by atoms with Crippen LogP contribution in [0.5, 0.6) is 0 Å². The van der Waals surface area contributed by atoms with E-state index in [-0.39, 0.29) is 0 Å². The van der Waals surface area contributed by atoms with Gasteiger partial charge in [-0.15, -0.1) is 0 Å². The maximum atomic E-state index is 5.02. The first-order valence-corrected chi connectivity index (χ1v) is 5.76. The van der Waals surface area contributed by atoms with Gasteiger partial charge in [0.1, 0.15) is 0 Å². The fraction of sp³-hybridized carbons (Fsp3) is 0.636. The SMILES string of the molecule is CN(CCCCCS)Cc1ccoc1. The molecule has 0 fully saturated rings. The van der Waals surface area contributed by atoms with E-state index in [2.05, 4.69) is 24.6 Å². The first kappa shape index (κ1) is 11.7. The zero-order valence-electron chi connectivity index (χ0n) is 8.78. The molecule has 80 valence electrons. The predicted molar refractivity (Wildman–Crippen MR) is 62.7 cm³/mol. The number of hydrogen-bond acceptors (Lipinski definition) is 3. The van der Waals surface area contributed by atoms with Gasteiger partial charge >= 0.3 is 0 Å². The molecule has 1 aromatic rings. The lowest BCUT2D eigenvalue weighted by Crippen LogP contribution is -2.18. The summed E-state index contributed by atoms with van der Waals surface area (Å²) in [6.45, 7) is 2.14. The number of rotatable bonds is 7. The highest BCUT2D eigenvalue weighted by atomic mass is 32.1. The molecular formula is C11H19NOS. The Morgan fingerprint density at radius 3 is 2.86 bits per heavy atom. The molecule has 0 saturated carbocycles. The van der Waals surface area contributed by atoms with E-state index in [1.165, 1.54) is 24.8 Å². The van der Waals surface area contributed by atoms with Crippen LogP contribution in [0.3, 0.4) is 0 Å². The third kappa shape index (κ3) is 4.72. The van der Waals surface area contributed by atoms with Gasteiger partial charge in [-0.25, -0.2) is 0 Å². The van der Waals surface area contributed by atoms with Crippen molar-refractivity contribution < 1.29 is 4.42 Å². The fourth-order valence-corrected chi connectivity index (χ4v) is 1.67. The lowest BCUT2D eigenvalue weighted by Gasteiger charge is -2.14. The molecule has 1 aromatic heterocycles. The minimum atomic E-state index is 0.984. The average Bonchev–Trinajstić information content (AvgIpc) is 2.65. The van der Waals surface area contributed by atoms with Gasteiger partial charge in [0.2, 0.25) is 0 Å². The molecule has 0 spiro atoms. The molecule has 0 unspecified atom stereocenters. The largest absolute Gasteiger partial charge is 0.472 e. The molecule has 0 aliphatic rings. The second-order valence-corrected chi connectivity index (χ2v) is 4.10. The first-order chi connectivity index (χ1) is 6.83. The Labute approximate surface area is 91.7 Å². The summed E-state index contributed by atoms with van der Waals surface area (Å²) in [6, 6.07) is 2.02. The van der Waals surface area contributed by atoms with E-state index in [0.29, 0.717) is 0 Å². The van der Waals surface area contributed by atoms with Crippen LogP contribution in [0.1, 0.15) is 24.8 Å². The highest BCUT2D eigenvalue weighted by molar-refractivity contribution is 7.80. The van der Waals surface area contributed by atoms with Gasteiger partial charge in [-0.2, -0.15) is 12.6 Å². The Kier molecular flexibility index (Phi) is 5.80. The van der Waals surface area contributed by atoms with Crippen LogP contribution >= 0.6 is 12.6 Å². The van der Waals surface area contributed by atoms with Crippen molar-refractivity contribution in [3.63, 3.8) is 0 Å². The molecule has 0 radical (unpaired) electrons. The summed E-state index contributed by atoms with van der Waals surface area (Å²) >= 11 is 4.19. The van der Waals surface area contributed by atoms with Crippen LogP contribution < -0.4 is 0 Å². The number of thiol groups is 1. The van der Waals surface area contributed by atoms with Crippen molar-refractivity contribution in [1.29, 1.82) is 0 Å². The van der Waals surface area contributed by atoms with Crippen LogP contribution in [0.4, 0.5) is 0 Å². The van der Waals surface area contributed by atoms with Gasteiger partial charge in [-0.3, -0.25) is 0 Å². The van der Waals surface area contributed by atoms with Crippen molar-refractivity contribution in [2.75, 3.05) is 19.3 Å². The number of hydrogen-bond donors (Lipinski definition) is 1. The Bertz CT molecular complexity index is 223. The first-order valence-electron chi connectivity index (χ1n) is 5.13. The van der Waals surface area contributed by atoms with Gasteiger partial charge in [0, 0.05) is 12.1 Å². The van der Waals surface area contributed by atoms with E-state index >= 15 is 0 Å². The van der Waals surface area contributed by atoms with Gasteiger partial charge in [0.05, 0.1) is 12.5 Å². The van der Waals surface area contributed by atoms with Gasteiger partial charge < -0.3 is 9.32 Å². The zero-order chi connectivity index (χ0) is 10.2.